The van der Waals surface area contributed by atoms with Crippen LogP contribution in [0.5, 0.6) is 11.5 Å². The fraction of sp³-hybridized carbons (Fsp3) is 0.556. The van der Waals surface area contributed by atoms with E-state index in [9.17, 15) is 18.0 Å². The number of hydrogen-bond donors (Lipinski definition) is 0. The summed E-state index contributed by atoms with van der Waals surface area (Å²) >= 11 is 0. The summed E-state index contributed by atoms with van der Waals surface area (Å²) in [7, 11) is 0. The number of amides is 1. The van der Waals surface area contributed by atoms with Gasteiger partial charge in [0, 0.05) is 25.2 Å². The largest absolute Gasteiger partial charge is 0.486 e. The van der Waals surface area contributed by atoms with Crippen LogP contribution in [0.4, 0.5) is 13.2 Å². The number of carbonyl (C=O) groups excluding carboxylic acids is 1. The van der Waals surface area contributed by atoms with Gasteiger partial charge < -0.3 is 18.9 Å². The normalized spacial score (nSPS) is 18.1. The number of rotatable bonds is 2. The lowest BCUT2D eigenvalue weighted by Gasteiger charge is -2.30. The minimum absolute atomic E-state index is 0.131. The molecule has 1 amide bonds. The van der Waals surface area contributed by atoms with Crippen molar-refractivity contribution in [2.24, 2.45) is 5.92 Å². The Kier molecular flexibility index (Phi) is 4.39. The van der Waals surface area contributed by atoms with E-state index >= 15 is 0 Å². The topological polar surface area (TPSA) is 56.6 Å². The molecular formula is C18H20F3N3O3. The first-order chi connectivity index (χ1) is 12.8. The van der Waals surface area contributed by atoms with Crippen molar-refractivity contribution < 1.29 is 27.4 Å². The maximum Gasteiger partial charge on any atom is 0.449 e. The van der Waals surface area contributed by atoms with Crippen LogP contribution in [0.2, 0.25) is 0 Å². The quantitative estimate of drug-likeness (QED) is 0.800. The highest BCUT2D eigenvalue weighted by molar-refractivity contribution is 5.84. The van der Waals surface area contributed by atoms with Gasteiger partial charge in [-0.3, -0.25) is 4.79 Å². The average molecular weight is 383 g/mol. The van der Waals surface area contributed by atoms with Crippen molar-refractivity contribution in [3.63, 3.8) is 0 Å². The summed E-state index contributed by atoms with van der Waals surface area (Å²) in [6.45, 7) is 3.50. The van der Waals surface area contributed by atoms with Crippen molar-refractivity contribution in [3.8, 4) is 11.5 Å². The van der Waals surface area contributed by atoms with Gasteiger partial charge in [-0.05, 0) is 18.8 Å². The molecule has 1 aromatic heterocycles. The lowest BCUT2D eigenvalue weighted by molar-refractivity contribution is -0.148. The molecule has 1 aromatic carbocycles. The molecule has 0 unspecified atom stereocenters. The summed E-state index contributed by atoms with van der Waals surface area (Å²) in [6, 6.07) is 2.90. The molecule has 0 bridgehead atoms. The van der Waals surface area contributed by atoms with Crippen LogP contribution < -0.4 is 9.47 Å². The molecule has 3 heterocycles. The van der Waals surface area contributed by atoms with Crippen LogP contribution >= 0.6 is 0 Å². The monoisotopic (exact) mass is 383 g/mol. The van der Waals surface area contributed by atoms with E-state index in [2.05, 4.69) is 11.9 Å². The minimum atomic E-state index is -4.67. The maximum absolute atomic E-state index is 13.5. The van der Waals surface area contributed by atoms with Gasteiger partial charge >= 0.3 is 6.18 Å². The number of ether oxygens (including phenoxy) is 2. The second-order valence-electron chi connectivity index (χ2n) is 7.07. The average Bonchev–Trinajstić information content (AvgIpc) is 2.98. The van der Waals surface area contributed by atoms with E-state index in [0.717, 1.165) is 17.4 Å². The Hall–Kier alpha value is -2.45. The smallest absolute Gasteiger partial charge is 0.449 e. The Labute approximate surface area is 153 Å². The first-order valence-electron chi connectivity index (χ1n) is 8.98. The molecule has 0 N–H and O–H groups in total. The fourth-order valence-corrected chi connectivity index (χ4v) is 3.53. The highest BCUT2D eigenvalue weighted by Crippen LogP contribution is 2.38. The molecule has 1 saturated heterocycles. The van der Waals surface area contributed by atoms with Crippen molar-refractivity contribution in [3.05, 3.63) is 18.0 Å². The number of carbonyl (C=O) groups is 1. The molecule has 2 aliphatic rings. The highest BCUT2D eigenvalue weighted by Gasteiger charge is 2.39. The zero-order valence-electron chi connectivity index (χ0n) is 14.9. The van der Waals surface area contributed by atoms with Gasteiger partial charge in [-0.25, -0.2) is 4.98 Å². The molecule has 0 saturated carbocycles. The third-order valence-electron chi connectivity index (χ3n) is 5.10. The van der Waals surface area contributed by atoms with Crippen molar-refractivity contribution in [1.29, 1.82) is 0 Å². The van der Waals surface area contributed by atoms with Crippen LogP contribution in [0.25, 0.3) is 11.0 Å². The van der Waals surface area contributed by atoms with Crippen LogP contribution in [0.15, 0.2) is 12.1 Å². The Morgan fingerprint density at radius 2 is 1.81 bits per heavy atom. The third kappa shape index (κ3) is 3.42. The second kappa shape index (κ2) is 6.61. The van der Waals surface area contributed by atoms with Crippen LogP contribution in [-0.4, -0.2) is 46.7 Å². The van der Waals surface area contributed by atoms with Gasteiger partial charge in [0.15, 0.2) is 11.5 Å². The summed E-state index contributed by atoms with van der Waals surface area (Å²) in [5, 5.41) is 0. The second-order valence-corrected chi connectivity index (χ2v) is 7.07. The molecular weight excluding hydrogens is 363 g/mol. The SMILES string of the molecule is CC1CCN(C(=O)Cn2c(C(F)(F)F)nc3cc4c(cc32)OCCO4)CC1. The molecule has 0 radical (unpaired) electrons. The third-order valence-corrected chi connectivity index (χ3v) is 5.10. The molecule has 6 nitrogen and oxygen atoms in total. The van der Waals surface area contributed by atoms with Crippen LogP contribution in [0.1, 0.15) is 25.6 Å². The molecule has 27 heavy (non-hydrogen) atoms. The Bertz CT molecular complexity index is 870. The Balaban J connectivity index is 1.72. The number of aromatic nitrogens is 2. The summed E-state index contributed by atoms with van der Waals surface area (Å²) < 4.78 is 52.4. The molecule has 1 fully saturated rings. The fourth-order valence-electron chi connectivity index (χ4n) is 3.53. The molecule has 4 rings (SSSR count). The van der Waals surface area contributed by atoms with E-state index in [4.69, 9.17) is 9.47 Å². The summed E-state index contributed by atoms with van der Waals surface area (Å²) in [4.78, 5) is 18.0. The van der Waals surface area contributed by atoms with Crippen molar-refractivity contribution >= 4 is 16.9 Å². The molecule has 2 aliphatic heterocycles. The molecule has 0 atom stereocenters. The first-order valence-corrected chi connectivity index (χ1v) is 8.98. The van der Waals surface area contributed by atoms with Crippen molar-refractivity contribution in [2.75, 3.05) is 26.3 Å². The Morgan fingerprint density at radius 1 is 1.19 bits per heavy atom. The standard InChI is InChI=1S/C18H20F3N3O3/c1-11-2-4-23(5-3-11)16(25)10-24-13-9-15-14(26-6-7-27-15)8-12(13)22-17(24)18(19,20)21/h8-9,11H,2-7,10H2,1H3. The summed E-state index contributed by atoms with van der Waals surface area (Å²) in [5.41, 5.74) is 0.344. The van der Waals surface area contributed by atoms with E-state index in [1.807, 2.05) is 0 Å². The summed E-state index contributed by atoms with van der Waals surface area (Å²) in [5.74, 6) is -0.163. The van der Waals surface area contributed by atoms with Gasteiger partial charge in [0.1, 0.15) is 19.8 Å². The number of likely N-dealkylation sites (tertiary alicyclic amines) is 1. The lowest BCUT2D eigenvalue weighted by atomic mass is 9.99. The van der Waals surface area contributed by atoms with Gasteiger partial charge in [-0.1, -0.05) is 6.92 Å². The molecule has 2 aromatic rings. The van der Waals surface area contributed by atoms with Gasteiger partial charge in [-0.15, -0.1) is 0 Å². The number of imidazole rings is 1. The highest BCUT2D eigenvalue weighted by atomic mass is 19.4. The lowest BCUT2D eigenvalue weighted by Crippen LogP contribution is -2.40. The number of halogens is 3. The van der Waals surface area contributed by atoms with E-state index in [1.165, 1.54) is 12.1 Å². The van der Waals surface area contributed by atoms with E-state index in [-0.39, 0.29) is 16.9 Å². The van der Waals surface area contributed by atoms with Gasteiger partial charge in [0.2, 0.25) is 11.7 Å². The number of piperidine rings is 1. The zero-order valence-corrected chi connectivity index (χ0v) is 14.9. The molecule has 146 valence electrons. The van der Waals surface area contributed by atoms with Crippen LogP contribution in [0.3, 0.4) is 0 Å². The van der Waals surface area contributed by atoms with Crippen molar-refractivity contribution in [1.82, 2.24) is 14.5 Å². The number of benzene rings is 1. The molecule has 0 spiro atoms. The zero-order chi connectivity index (χ0) is 19.2. The number of fused-ring (bicyclic) bond motifs is 2. The number of hydrogen-bond acceptors (Lipinski definition) is 4. The minimum Gasteiger partial charge on any atom is -0.486 e. The Morgan fingerprint density at radius 3 is 2.44 bits per heavy atom. The molecule has 9 heteroatoms. The number of alkyl halides is 3. The predicted molar refractivity (Wildman–Crippen MR) is 90.7 cm³/mol. The van der Waals surface area contributed by atoms with Gasteiger partial charge in [-0.2, -0.15) is 13.2 Å². The van der Waals surface area contributed by atoms with E-state index < -0.39 is 18.5 Å². The van der Waals surface area contributed by atoms with Crippen LogP contribution in [0, 0.1) is 5.92 Å². The maximum atomic E-state index is 13.5. The summed E-state index contributed by atoms with van der Waals surface area (Å²) in [6.07, 6.45) is -2.94. The van der Waals surface area contributed by atoms with Crippen LogP contribution in [-0.2, 0) is 17.5 Å². The van der Waals surface area contributed by atoms with E-state index in [0.29, 0.717) is 43.7 Å². The van der Waals surface area contributed by atoms with Crippen molar-refractivity contribution in [2.45, 2.75) is 32.5 Å². The number of nitrogens with zero attached hydrogens (tertiary/aromatic N) is 3. The van der Waals surface area contributed by atoms with E-state index in [1.54, 1.807) is 4.90 Å². The first kappa shape index (κ1) is 17.9. The van der Waals surface area contributed by atoms with Gasteiger partial charge in [0.25, 0.3) is 0 Å². The predicted octanol–water partition coefficient (Wildman–Crippen LogP) is 3.08. The molecule has 0 aliphatic carbocycles. The van der Waals surface area contributed by atoms with Gasteiger partial charge in [0.05, 0.1) is 11.0 Å².